The van der Waals surface area contributed by atoms with E-state index in [4.69, 9.17) is 32.6 Å². The third-order valence-corrected chi connectivity index (χ3v) is 8.81. The Hall–Kier alpha value is -2.85. The zero-order chi connectivity index (χ0) is 33.1. The van der Waals surface area contributed by atoms with Gasteiger partial charge in [0.15, 0.2) is 20.6 Å². The van der Waals surface area contributed by atoms with Crippen LogP contribution >= 0.6 is 12.2 Å². The SMILES string of the molecule is CCN(CC)CCCN(CCS(=O)(=O)c1ccccc1)C(=S)NCCN(CC)CC.O=C(O)CC(O)(CC(=O)O)C(=O)O. The summed E-state index contributed by atoms with van der Waals surface area (Å²) in [6.45, 7) is 16.5. The van der Waals surface area contributed by atoms with Gasteiger partial charge in [0.2, 0.25) is 0 Å². The number of hydrogen-bond acceptors (Lipinski definition) is 9. The molecule has 43 heavy (non-hydrogen) atoms. The Bertz CT molecular complexity index is 1080. The van der Waals surface area contributed by atoms with Gasteiger partial charge in [0, 0.05) is 26.2 Å². The van der Waals surface area contributed by atoms with Crippen molar-refractivity contribution in [2.45, 2.75) is 57.5 Å². The lowest BCUT2D eigenvalue weighted by atomic mass is 9.96. The minimum Gasteiger partial charge on any atom is -0.481 e. The quantitative estimate of drug-likeness (QED) is 0.128. The number of nitrogens with zero attached hydrogens (tertiary/aromatic N) is 3. The Morgan fingerprint density at radius 3 is 1.74 bits per heavy atom. The summed E-state index contributed by atoms with van der Waals surface area (Å²) in [6, 6.07) is 8.65. The molecule has 15 heteroatoms. The molecule has 1 rings (SSSR count). The van der Waals surface area contributed by atoms with Crippen molar-refractivity contribution < 1.29 is 43.2 Å². The Labute approximate surface area is 260 Å². The zero-order valence-corrected chi connectivity index (χ0v) is 27.2. The summed E-state index contributed by atoms with van der Waals surface area (Å²) in [5.41, 5.74) is -2.74. The fourth-order valence-electron chi connectivity index (χ4n) is 4.00. The predicted octanol–water partition coefficient (Wildman–Crippen LogP) is 1.46. The lowest BCUT2D eigenvalue weighted by Gasteiger charge is -2.28. The van der Waals surface area contributed by atoms with Gasteiger partial charge in [-0.1, -0.05) is 45.9 Å². The van der Waals surface area contributed by atoms with Crippen LogP contribution in [0.5, 0.6) is 0 Å². The van der Waals surface area contributed by atoms with E-state index in [-0.39, 0.29) is 5.75 Å². The molecule has 1 aromatic rings. The molecule has 0 fully saturated rings. The number of thiocarbonyl (C=S) groups is 1. The van der Waals surface area contributed by atoms with Gasteiger partial charge in [0.25, 0.3) is 0 Å². The van der Waals surface area contributed by atoms with Gasteiger partial charge in [0.05, 0.1) is 23.5 Å². The third-order valence-electron chi connectivity index (χ3n) is 6.70. The maximum absolute atomic E-state index is 12.7. The molecule has 0 aromatic heterocycles. The first-order valence-electron chi connectivity index (χ1n) is 14.3. The summed E-state index contributed by atoms with van der Waals surface area (Å²) in [5, 5.41) is 37.8. The Morgan fingerprint density at radius 1 is 0.814 bits per heavy atom. The van der Waals surface area contributed by atoms with Gasteiger partial charge in [-0.15, -0.1) is 0 Å². The van der Waals surface area contributed by atoms with Crippen molar-refractivity contribution in [2.24, 2.45) is 0 Å². The second-order valence-corrected chi connectivity index (χ2v) is 12.2. The van der Waals surface area contributed by atoms with Crippen molar-refractivity contribution in [1.82, 2.24) is 20.0 Å². The van der Waals surface area contributed by atoms with E-state index < -0.39 is 46.2 Å². The smallest absolute Gasteiger partial charge is 0.336 e. The molecule has 0 amide bonds. The van der Waals surface area contributed by atoms with Gasteiger partial charge in [0.1, 0.15) is 0 Å². The third kappa shape index (κ3) is 16.5. The normalized spacial score (nSPS) is 11.5. The minimum atomic E-state index is -3.33. The molecule has 0 saturated carbocycles. The van der Waals surface area contributed by atoms with Crippen LogP contribution in [0.3, 0.4) is 0 Å². The lowest BCUT2D eigenvalue weighted by Crippen LogP contribution is -2.45. The summed E-state index contributed by atoms with van der Waals surface area (Å²) in [7, 11) is -3.33. The van der Waals surface area contributed by atoms with E-state index in [2.05, 4.69) is 42.8 Å². The molecule has 0 atom stereocenters. The second kappa shape index (κ2) is 21.0. The highest BCUT2D eigenvalue weighted by molar-refractivity contribution is 7.91. The van der Waals surface area contributed by atoms with Crippen molar-refractivity contribution in [3.63, 3.8) is 0 Å². The zero-order valence-electron chi connectivity index (χ0n) is 25.6. The van der Waals surface area contributed by atoms with Crippen molar-refractivity contribution in [3.05, 3.63) is 30.3 Å². The molecule has 0 aliphatic heterocycles. The number of carboxylic acids is 3. The predicted molar refractivity (Wildman–Crippen MR) is 168 cm³/mol. The molecule has 0 aliphatic rings. The molecule has 13 nitrogen and oxygen atoms in total. The molecule has 0 radical (unpaired) electrons. The van der Waals surface area contributed by atoms with Crippen molar-refractivity contribution in [3.8, 4) is 0 Å². The molecule has 0 saturated heterocycles. The number of hydrogen-bond donors (Lipinski definition) is 5. The number of rotatable bonds is 20. The minimum absolute atomic E-state index is 0.0557. The number of benzene rings is 1. The van der Waals surface area contributed by atoms with Crippen LogP contribution in [0.15, 0.2) is 35.2 Å². The Balaban J connectivity index is 0.00000114. The van der Waals surface area contributed by atoms with Gasteiger partial charge >= 0.3 is 17.9 Å². The Kier molecular flexibility index (Phi) is 19.6. The fraction of sp³-hybridized carbons (Fsp3) is 0.643. The molecule has 5 N–H and O–H groups in total. The average molecular weight is 649 g/mol. The highest BCUT2D eigenvalue weighted by Gasteiger charge is 2.40. The van der Waals surface area contributed by atoms with Crippen LogP contribution in [-0.4, -0.2) is 137 Å². The van der Waals surface area contributed by atoms with E-state index in [9.17, 15) is 22.8 Å². The van der Waals surface area contributed by atoms with Crippen molar-refractivity contribution in [2.75, 3.05) is 64.7 Å². The molecule has 0 spiro atoms. The Morgan fingerprint density at radius 2 is 1.30 bits per heavy atom. The standard InChI is InChI=1S/C22H40N4O2S2.C6H8O7/c1-5-24(6-2)16-12-17-26(22(29)23-15-18-25(7-3)8-4)19-20-30(27,28)21-13-10-9-11-14-21;7-3(8)1-6(13,5(11)12)2-4(9)10/h9-11,13-14H,5-8,12,15-20H2,1-4H3,(H,23,29);13H,1-2H2,(H,7,8)(H,9,10)(H,11,12). The first kappa shape index (κ1) is 40.1. The lowest BCUT2D eigenvalue weighted by molar-refractivity contribution is -0.170. The molecule has 0 heterocycles. The van der Waals surface area contributed by atoms with Gasteiger partial charge in [-0.3, -0.25) is 9.59 Å². The van der Waals surface area contributed by atoms with Gasteiger partial charge in [-0.25, -0.2) is 13.2 Å². The van der Waals surface area contributed by atoms with Crippen molar-refractivity contribution in [1.29, 1.82) is 0 Å². The number of nitrogens with one attached hydrogen (secondary N) is 1. The summed E-state index contributed by atoms with van der Waals surface area (Å²) >= 11 is 5.63. The number of carboxylic acid groups (broad SMARTS) is 3. The molecule has 0 bridgehead atoms. The number of sulfone groups is 1. The average Bonchev–Trinajstić information content (AvgIpc) is 2.94. The van der Waals surface area contributed by atoms with E-state index >= 15 is 0 Å². The van der Waals surface area contributed by atoms with Crippen LogP contribution in [-0.2, 0) is 24.2 Å². The van der Waals surface area contributed by atoms with E-state index in [1.165, 1.54) is 0 Å². The molecular weight excluding hydrogens is 600 g/mol. The molecule has 0 aliphatic carbocycles. The summed E-state index contributed by atoms with van der Waals surface area (Å²) < 4.78 is 25.4. The van der Waals surface area contributed by atoms with E-state index in [1.807, 2.05) is 11.0 Å². The maximum Gasteiger partial charge on any atom is 0.336 e. The summed E-state index contributed by atoms with van der Waals surface area (Å²) in [5.74, 6) is -4.96. The van der Waals surface area contributed by atoms with Gasteiger partial charge < -0.3 is 40.4 Å². The van der Waals surface area contributed by atoms with E-state index in [0.29, 0.717) is 16.6 Å². The molecular formula is C28H48N4O9S2. The topological polar surface area (TPSA) is 188 Å². The highest BCUT2D eigenvalue weighted by Crippen LogP contribution is 2.16. The van der Waals surface area contributed by atoms with Crippen LogP contribution in [0.2, 0.25) is 0 Å². The summed E-state index contributed by atoms with van der Waals surface area (Å²) in [4.78, 5) is 37.6. The van der Waals surface area contributed by atoms with E-state index in [1.54, 1.807) is 24.3 Å². The van der Waals surface area contributed by atoms with Crippen LogP contribution in [0.4, 0.5) is 0 Å². The maximum atomic E-state index is 12.7. The number of likely N-dealkylation sites (N-methyl/N-ethyl adjacent to an activating group) is 1. The largest absolute Gasteiger partial charge is 0.481 e. The van der Waals surface area contributed by atoms with Gasteiger partial charge in [-0.05, 0) is 63.5 Å². The van der Waals surface area contributed by atoms with Gasteiger partial charge in [-0.2, -0.15) is 0 Å². The van der Waals surface area contributed by atoms with E-state index in [0.717, 1.165) is 58.8 Å². The second-order valence-electron chi connectivity index (χ2n) is 9.74. The summed E-state index contributed by atoms with van der Waals surface area (Å²) in [6.07, 6.45) is -1.34. The molecule has 1 aromatic carbocycles. The van der Waals surface area contributed by atoms with Crippen LogP contribution < -0.4 is 5.32 Å². The molecule has 0 unspecified atom stereocenters. The first-order chi connectivity index (χ1) is 20.1. The first-order valence-corrected chi connectivity index (χ1v) is 16.4. The monoisotopic (exact) mass is 648 g/mol. The van der Waals surface area contributed by atoms with Crippen LogP contribution in [0.25, 0.3) is 0 Å². The molecule has 246 valence electrons. The fourth-order valence-corrected chi connectivity index (χ4v) is 5.56. The number of carbonyl (C=O) groups is 3. The van der Waals surface area contributed by atoms with Crippen LogP contribution in [0, 0.1) is 0 Å². The number of aliphatic hydroxyl groups is 1. The number of aliphatic carboxylic acids is 3. The van der Waals surface area contributed by atoms with Crippen LogP contribution in [0.1, 0.15) is 47.0 Å². The van der Waals surface area contributed by atoms with Crippen molar-refractivity contribution >= 4 is 45.1 Å². The highest BCUT2D eigenvalue weighted by atomic mass is 32.2.